The predicted octanol–water partition coefficient (Wildman–Crippen LogP) is 4.23. The molecular formula is C18H24N4. The zero-order chi connectivity index (χ0) is 15.5. The topological polar surface area (TPSA) is 49.8 Å². The van der Waals surface area contributed by atoms with Gasteiger partial charge in [0.2, 0.25) is 0 Å². The Hall–Kier alpha value is -2.10. The summed E-state index contributed by atoms with van der Waals surface area (Å²) in [6, 6.07) is 9.10. The molecule has 116 valence electrons. The monoisotopic (exact) mass is 296 g/mol. The van der Waals surface area contributed by atoms with Gasteiger partial charge in [-0.05, 0) is 43.7 Å². The van der Waals surface area contributed by atoms with Gasteiger partial charge in [0.25, 0.3) is 0 Å². The number of aromatic nitrogens is 2. The Morgan fingerprint density at radius 1 is 1.05 bits per heavy atom. The van der Waals surface area contributed by atoms with Gasteiger partial charge in [-0.3, -0.25) is 0 Å². The molecule has 1 aliphatic carbocycles. The van der Waals surface area contributed by atoms with Gasteiger partial charge in [-0.1, -0.05) is 32.0 Å². The molecule has 0 aliphatic heterocycles. The van der Waals surface area contributed by atoms with Crippen LogP contribution in [0.15, 0.2) is 24.3 Å². The molecule has 0 radical (unpaired) electrons. The van der Waals surface area contributed by atoms with Gasteiger partial charge in [-0.25, -0.2) is 9.97 Å². The van der Waals surface area contributed by atoms with E-state index in [1.165, 1.54) is 29.7 Å². The zero-order valence-electron chi connectivity index (χ0n) is 13.6. The highest BCUT2D eigenvalue weighted by molar-refractivity contribution is 5.66. The first kappa shape index (κ1) is 14.8. The predicted molar refractivity (Wildman–Crippen MR) is 91.9 cm³/mol. The minimum absolute atomic E-state index is 0.594. The Morgan fingerprint density at radius 2 is 1.68 bits per heavy atom. The molecule has 0 atom stereocenters. The Kier molecular flexibility index (Phi) is 4.27. The Bertz CT molecular complexity index is 640. The van der Waals surface area contributed by atoms with E-state index in [4.69, 9.17) is 0 Å². The number of aryl methyl sites for hydroxylation is 3. The molecule has 22 heavy (non-hydrogen) atoms. The van der Waals surface area contributed by atoms with Crippen LogP contribution in [0, 0.1) is 6.92 Å². The molecule has 0 unspecified atom stereocenters. The van der Waals surface area contributed by atoms with E-state index in [1.807, 2.05) is 13.0 Å². The van der Waals surface area contributed by atoms with Crippen LogP contribution >= 0.6 is 0 Å². The minimum Gasteiger partial charge on any atom is -0.367 e. The van der Waals surface area contributed by atoms with Gasteiger partial charge in [0.05, 0.1) is 0 Å². The Balaban J connectivity index is 1.90. The fourth-order valence-corrected chi connectivity index (χ4v) is 2.67. The van der Waals surface area contributed by atoms with Gasteiger partial charge in [-0.2, -0.15) is 0 Å². The van der Waals surface area contributed by atoms with Crippen molar-refractivity contribution < 1.29 is 0 Å². The van der Waals surface area contributed by atoms with Crippen LogP contribution in [-0.4, -0.2) is 16.0 Å². The third-order valence-corrected chi connectivity index (χ3v) is 4.02. The second kappa shape index (κ2) is 6.34. The average Bonchev–Trinajstić information content (AvgIpc) is 3.30. The smallest absolute Gasteiger partial charge is 0.136 e. The lowest BCUT2D eigenvalue weighted by molar-refractivity contribution is 1.02. The summed E-state index contributed by atoms with van der Waals surface area (Å²) in [5.41, 5.74) is 3.85. The van der Waals surface area contributed by atoms with Crippen LogP contribution in [0.25, 0.3) is 0 Å². The van der Waals surface area contributed by atoms with Crippen LogP contribution in [0.1, 0.15) is 43.6 Å². The van der Waals surface area contributed by atoms with Gasteiger partial charge >= 0.3 is 0 Å². The SMILES string of the molecule is CCc1cccc(CC)c1Nc1cc(NC2CC2)nc(C)n1. The van der Waals surface area contributed by atoms with Crippen molar-refractivity contribution in [1.29, 1.82) is 0 Å². The molecular weight excluding hydrogens is 272 g/mol. The highest BCUT2D eigenvalue weighted by Gasteiger charge is 2.21. The van der Waals surface area contributed by atoms with E-state index in [0.29, 0.717) is 6.04 Å². The van der Waals surface area contributed by atoms with Gasteiger partial charge in [0, 0.05) is 17.8 Å². The summed E-state index contributed by atoms with van der Waals surface area (Å²) >= 11 is 0. The Labute approximate surface area is 132 Å². The van der Waals surface area contributed by atoms with Crippen LogP contribution in [0.5, 0.6) is 0 Å². The van der Waals surface area contributed by atoms with Crippen molar-refractivity contribution in [1.82, 2.24) is 9.97 Å². The van der Waals surface area contributed by atoms with Crippen molar-refractivity contribution in [2.75, 3.05) is 10.6 Å². The van der Waals surface area contributed by atoms with Crippen LogP contribution in [-0.2, 0) is 12.8 Å². The zero-order valence-corrected chi connectivity index (χ0v) is 13.6. The van der Waals surface area contributed by atoms with Gasteiger partial charge < -0.3 is 10.6 Å². The van der Waals surface area contributed by atoms with Crippen molar-refractivity contribution in [3.8, 4) is 0 Å². The summed E-state index contributed by atoms with van der Waals surface area (Å²) in [6.07, 6.45) is 4.50. The third-order valence-electron chi connectivity index (χ3n) is 4.02. The van der Waals surface area contributed by atoms with Crippen molar-refractivity contribution in [2.24, 2.45) is 0 Å². The lowest BCUT2D eigenvalue weighted by atomic mass is 10.0. The van der Waals surface area contributed by atoms with Crippen molar-refractivity contribution in [3.63, 3.8) is 0 Å². The first-order chi connectivity index (χ1) is 10.7. The normalized spacial score (nSPS) is 14.0. The molecule has 0 spiro atoms. The van der Waals surface area contributed by atoms with Crippen molar-refractivity contribution >= 4 is 17.3 Å². The van der Waals surface area contributed by atoms with E-state index in [1.54, 1.807) is 0 Å². The van der Waals surface area contributed by atoms with E-state index in [-0.39, 0.29) is 0 Å². The number of anilines is 3. The van der Waals surface area contributed by atoms with E-state index < -0.39 is 0 Å². The van der Waals surface area contributed by atoms with Gasteiger partial charge in [0.15, 0.2) is 0 Å². The second-order valence-electron chi connectivity index (χ2n) is 5.89. The molecule has 4 nitrogen and oxygen atoms in total. The summed E-state index contributed by atoms with van der Waals surface area (Å²) in [6.45, 7) is 6.31. The molecule has 1 fully saturated rings. The number of benzene rings is 1. The molecule has 1 aliphatic rings. The van der Waals surface area contributed by atoms with Crippen LogP contribution in [0.2, 0.25) is 0 Å². The third kappa shape index (κ3) is 3.38. The first-order valence-corrected chi connectivity index (χ1v) is 8.19. The summed E-state index contributed by atoms with van der Waals surface area (Å²) in [4.78, 5) is 9.02. The highest BCUT2D eigenvalue weighted by Crippen LogP contribution is 2.28. The lowest BCUT2D eigenvalue weighted by Crippen LogP contribution is -2.07. The molecule has 2 N–H and O–H groups in total. The summed E-state index contributed by atoms with van der Waals surface area (Å²) in [5.74, 6) is 2.58. The molecule has 0 amide bonds. The fraction of sp³-hybridized carbons (Fsp3) is 0.444. The van der Waals surface area contributed by atoms with E-state index in [9.17, 15) is 0 Å². The molecule has 1 aromatic carbocycles. The molecule has 2 aromatic rings. The molecule has 1 heterocycles. The van der Waals surface area contributed by atoms with Crippen LogP contribution in [0.3, 0.4) is 0 Å². The molecule has 3 rings (SSSR count). The van der Waals surface area contributed by atoms with Gasteiger partial charge in [0.1, 0.15) is 17.5 Å². The number of nitrogens with one attached hydrogen (secondary N) is 2. The summed E-state index contributed by atoms with van der Waals surface area (Å²) in [7, 11) is 0. The largest absolute Gasteiger partial charge is 0.367 e. The van der Waals surface area contributed by atoms with Gasteiger partial charge in [-0.15, -0.1) is 0 Å². The molecule has 1 saturated carbocycles. The summed E-state index contributed by atoms with van der Waals surface area (Å²) in [5, 5.41) is 6.98. The number of hydrogen-bond donors (Lipinski definition) is 2. The first-order valence-electron chi connectivity index (χ1n) is 8.19. The number of nitrogens with zero attached hydrogens (tertiary/aromatic N) is 2. The van der Waals surface area contributed by atoms with Crippen LogP contribution < -0.4 is 10.6 Å². The average molecular weight is 296 g/mol. The number of para-hydroxylation sites is 1. The van der Waals surface area contributed by atoms with E-state index in [2.05, 4.69) is 52.6 Å². The molecule has 4 heteroatoms. The highest BCUT2D eigenvalue weighted by atomic mass is 15.1. The molecule has 0 bridgehead atoms. The number of hydrogen-bond acceptors (Lipinski definition) is 4. The quantitative estimate of drug-likeness (QED) is 0.837. The van der Waals surface area contributed by atoms with E-state index >= 15 is 0 Å². The van der Waals surface area contributed by atoms with Crippen LogP contribution in [0.4, 0.5) is 17.3 Å². The fourth-order valence-electron chi connectivity index (χ4n) is 2.67. The standard InChI is InChI=1S/C18H24N4/c1-4-13-7-6-8-14(5-2)18(13)22-17-11-16(19-12(3)20-17)21-15-9-10-15/h6-8,11,15H,4-5,9-10H2,1-3H3,(H2,19,20,21,22). The lowest BCUT2D eigenvalue weighted by Gasteiger charge is -2.16. The van der Waals surface area contributed by atoms with Crippen molar-refractivity contribution in [3.05, 3.63) is 41.2 Å². The number of rotatable bonds is 6. The Morgan fingerprint density at radius 3 is 2.27 bits per heavy atom. The maximum atomic E-state index is 4.55. The maximum Gasteiger partial charge on any atom is 0.136 e. The van der Waals surface area contributed by atoms with E-state index in [0.717, 1.165) is 30.3 Å². The second-order valence-corrected chi connectivity index (χ2v) is 5.89. The molecule has 0 saturated heterocycles. The minimum atomic E-state index is 0.594. The van der Waals surface area contributed by atoms with Crippen molar-refractivity contribution in [2.45, 2.75) is 52.5 Å². The maximum absolute atomic E-state index is 4.55. The molecule has 1 aromatic heterocycles. The summed E-state index contributed by atoms with van der Waals surface area (Å²) < 4.78 is 0.